The number of piperidine rings is 1. The minimum Gasteiger partial charge on any atom is -0.325 e. The molecule has 0 aliphatic carbocycles. The molecule has 1 aliphatic heterocycles. The summed E-state index contributed by atoms with van der Waals surface area (Å²) in [6.45, 7) is 4.06. The molecule has 0 bridgehead atoms. The monoisotopic (exact) mass is 510 g/mol. The summed E-state index contributed by atoms with van der Waals surface area (Å²) in [6, 6.07) is 18.8. The first-order valence-electron chi connectivity index (χ1n) is 11.4. The summed E-state index contributed by atoms with van der Waals surface area (Å²) < 4.78 is 28.1. The number of ketones is 1. The van der Waals surface area contributed by atoms with Gasteiger partial charge in [-0.15, -0.1) is 0 Å². The maximum atomic E-state index is 13.4. The van der Waals surface area contributed by atoms with E-state index in [1.54, 1.807) is 55.5 Å². The van der Waals surface area contributed by atoms with Crippen LogP contribution < -0.4 is 5.32 Å². The number of carbonyl (C=O) groups is 2. The van der Waals surface area contributed by atoms with E-state index >= 15 is 0 Å². The number of carbonyl (C=O) groups excluding carboxylic acids is 2. The number of amides is 1. The average molecular weight is 511 g/mol. The highest BCUT2D eigenvalue weighted by molar-refractivity contribution is 7.89. The lowest BCUT2D eigenvalue weighted by atomic mass is 9.97. The Bertz CT molecular complexity index is 1370. The smallest absolute Gasteiger partial charge is 0.243 e. The van der Waals surface area contributed by atoms with Gasteiger partial charge in [0, 0.05) is 29.2 Å². The Morgan fingerprint density at radius 1 is 1.00 bits per heavy atom. The minimum atomic E-state index is -3.74. The van der Waals surface area contributed by atoms with Crippen LogP contribution >= 0.6 is 11.6 Å². The summed E-state index contributed by atoms with van der Waals surface area (Å²) in [5.74, 6) is -1.12. The van der Waals surface area contributed by atoms with Crippen LogP contribution in [-0.2, 0) is 14.8 Å². The molecular formula is C27H27ClN2O4S. The van der Waals surface area contributed by atoms with Gasteiger partial charge >= 0.3 is 0 Å². The van der Waals surface area contributed by atoms with Crippen LogP contribution in [0.25, 0.3) is 0 Å². The third-order valence-corrected chi connectivity index (χ3v) is 8.48. The van der Waals surface area contributed by atoms with Gasteiger partial charge < -0.3 is 5.32 Å². The second kappa shape index (κ2) is 10.3. The second-order valence-corrected chi connectivity index (χ2v) is 11.2. The van der Waals surface area contributed by atoms with Gasteiger partial charge in [0.1, 0.15) is 0 Å². The number of nitrogens with one attached hydrogen (secondary N) is 1. The largest absolute Gasteiger partial charge is 0.325 e. The lowest BCUT2D eigenvalue weighted by Gasteiger charge is -2.31. The fourth-order valence-corrected chi connectivity index (χ4v) is 6.30. The van der Waals surface area contributed by atoms with E-state index in [1.807, 2.05) is 19.1 Å². The van der Waals surface area contributed by atoms with E-state index in [0.717, 1.165) is 5.56 Å². The number of sulfonamides is 1. The van der Waals surface area contributed by atoms with Crippen molar-refractivity contribution in [3.8, 4) is 0 Å². The summed E-state index contributed by atoms with van der Waals surface area (Å²) in [6.07, 6.45) is 1.12. The van der Waals surface area contributed by atoms with Gasteiger partial charge in [-0.1, -0.05) is 54.1 Å². The summed E-state index contributed by atoms with van der Waals surface area (Å²) in [4.78, 5) is 26.6. The van der Waals surface area contributed by atoms with Crippen LogP contribution in [0.5, 0.6) is 0 Å². The quantitative estimate of drug-likeness (QED) is 0.460. The van der Waals surface area contributed by atoms with E-state index < -0.39 is 15.9 Å². The van der Waals surface area contributed by atoms with Gasteiger partial charge in [-0.25, -0.2) is 8.42 Å². The predicted octanol–water partition coefficient (Wildman–Crippen LogP) is 5.23. The molecule has 1 aliphatic rings. The van der Waals surface area contributed by atoms with Crippen molar-refractivity contribution in [3.63, 3.8) is 0 Å². The number of hydrogen-bond acceptors (Lipinski definition) is 4. The molecule has 6 nitrogen and oxygen atoms in total. The van der Waals surface area contributed by atoms with E-state index in [0.29, 0.717) is 41.2 Å². The molecule has 35 heavy (non-hydrogen) atoms. The molecule has 0 saturated carbocycles. The molecule has 0 aromatic heterocycles. The third-order valence-electron chi connectivity index (χ3n) is 6.24. The molecule has 3 aromatic carbocycles. The molecule has 1 N–H and O–H groups in total. The van der Waals surface area contributed by atoms with Crippen LogP contribution in [0.2, 0.25) is 5.02 Å². The van der Waals surface area contributed by atoms with Crippen LogP contribution in [0.3, 0.4) is 0 Å². The van der Waals surface area contributed by atoms with Crippen molar-refractivity contribution in [1.29, 1.82) is 0 Å². The van der Waals surface area contributed by atoms with Crippen molar-refractivity contribution in [3.05, 3.63) is 94.0 Å². The maximum Gasteiger partial charge on any atom is 0.243 e. The van der Waals surface area contributed by atoms with Gasteiger partial charge in [-0.05, 0) is 62.1 Å². The maximum absolute atomic E-state index is 13.4. The average Bonchev–Trinajstić information content (AvgIpc) is 2.86. The molecule has 1 saturated heterocycles. The Morgan fingerprint density at radius 2 is 1.74 bits per heavy atom. The molecule has 0 spiro atoms. The SMILES string of the molecule is Cc1ccc(C)c(S(=O)(=O)N2CCCC(C(=O)Nc3ccc(Cl)cc3C(=O)c3ccccc3)C2)c1. The zero-order valence-electron chi connectivity index (χ0n) is 19.6. The molecule has 1 fully saturated rings. The van der Waals surface area contributed by atoms with Crippen LogP contribution in [0, 0.1) is 19.8 Å². The Morgan fingerprint density at radius 3 is 2.49 bits per heavy atom. The van der Waals surface area contributed by atoms with Crippen molar-refractivity contribution in [2.24, 2.45) is 5.92 Å². The number of anilines is 1. The number of hydrogen-bond donors (Lipinski definition) is 1. The van der Waals surface area contributed by atoms with Gasteiger partial charge in [0.15, 0.2) is 5.78 Å². The van der Waals surface area contributed by atoms with E-state index in [1.165, 1.54) is 10.4 Å². The standard InChI is InChI=1S/C27H27ClN2O4S/c1-18-10-11-19(2)25(15-18)35(33,34)30-14-6-9-21(17-30)27(32)29-24-13-12-22(28)16-23(24)26(31)20-7-4-3-5-8-20/h3-5,7-8,10-13,15-16,21H,6,9,14,17H2,1-2H3,(H,29,32). The van der Waals surface area contributed by atoms with Crippen LogP contribution in [0.4, 0.5) is 5.69 Å². The first-order chi connectivity index (χ1) is 16.7. The normalized spacial score (nSPS) is 16.6. The second-order valence-electron chi connectivity index (χ2n) is 8.85. The number of rotatable bonds is 6. The van der Waals surface area contributed by atoms with E-state index in [-0.39, 0.29) is 28.7 Å². The summed E-state index contributed by atoms with van der Waals surface area (Å²) in [5, 5.41) is 3.23. The van der Waals surface area contributed by atoms with E-state index in [4.69, 9.17) is 11.6 Å². The van der Waals surface area contributed by atoms with Crippen molar-refractivity contribution < 1.29 is 18.0 Å². The Kier molecular flexibility index (Phi) is 7.40. The highest BCUT2D eigenvalue weighted by Crippen LogP contribution is 2.29. The third kappa shape index (κ3) is 5.48. The topological polar surface area (TPSA) is 83.6 Å². The molecule has 0 radical (unpaired) electrons. The summed E-state index contributed by atoms with van der Waals surface area (Å²) in [5.41, 5.74) is 2.65. The van der Waals surface area contributed by atoms with Crippen molar-refractivity contribution >= 4 is 39.0 Å². The molecule has 182 valence electrons. The fourth-order valence-electron chi connectivity index (χ4n) is 4.29. The molecule has 1 atom stereocenters. The highest BCUT2D eigenvalue weighted by atomic mass is 35.5. The lowest BCUT2D eigenvalue weighted by Crippen LogP contribution is -2.44. The van der Waals surface area contributed by atoms with Crippen LogP contribution in [0.15, 0.2) is 71.6 Å². The van der Waals surface area contributed by atoms with Crippen molar-refractivity contribution in [1.82, 2.24) is 4.31 Å². The van der Waals surface area contributed by atoms with Gasteiger partial charge in [0.2, 0.25) is 15.9 Å². The molecule has 1 amide bonds. The number of benzene rings is 3. The number of halogens is 1. The molecule has 8 heteroatoms. The van der Waals surface area contributed by atoms with Crippen molar-refractivity contribution in [2.45, 2.75) is 31.6 Å². The number of aryl methyl sites for hydroxylation is 2. The van der Waals surface area contributed by atoms with Gasteiger partial charge in [-0.2, -0.15) is 4.31 Å². The zero-order valence-corrected chi connectivity index (χ0v) is 21.2. The Hall–Kier alpha value is -3.00. The van der Waals surface area contributed by atoms with E-state index in [2.05, 4.69) is 5.32 Å². The van der Waals surface area contributed by atoms with Gasteiger partial charge in [-0.3, -0.25) is 9.59 Å². The first-order valence-corrected chi connectivity index (χ1v) is 13.3. The van der Waals surface area contributed by atoms with Crippen LogP contribution in [0.1, 0.15) is 39.9 Å². The first kappa shape index (κ1) is 25.1. The van der Waals surface area contributed by atoms with Gasteiger partial charge in [0.25, 0.3) is 0 Å². The molecular weight excluding hydrogens is 484 g/mol. The summed E-state index contributed by atoms with van der Waals surface area (Å²) >= 11 is 6.15. The molecule has 1 unspecified atom stereocenters. The fraction of sp³-hybridized carbons (Fsp3) is 0.259. The molecule has 4 rings (SSSR count). The zero-order chi connectivity index (χ0) is 25.2. The number of nitrogens with zero attached hydrogens (tertiary/aromatic N) is 1. The van der Waals surface area contributed by atoms with E-state index in [9.17, 15) is 18.0 Å². The Balaban J connectivity index is 1.55. The summed E-state index contributed by atoms with van der Waals surface area (Å²) in [7, 11) is -3.74. The van der Waals surface area contributed by atoms with Gasteiger partial charge in [0.05, 0.1) is 16.5 Å². The van der Waals surface area contributed by atoms with Crippen LogP contribution in [-0.4, -0.2) is 37.5 Å². The lowest BCUT2D eigenvalue weighted by molar-refractivity contribution is -0.120. The molecule has 1 heterocycles. The molecule has 3 aromatic rings. The Labute approximate surface area is 211 Å². The highest BCUT2D eigenvalue weighted by Gasteiger charge is 2.34. The van der Waals surface area contributed by atoms with Crippen molar-refractivity contribution in [2.75, 3.05) is 18.4 Å². The predicted molar refractivity (Wildman–Crippen MR) is 137 cm³/mol. The minimum absolute atomic E-state index is 0.0805.